The van der Waals surface area contributed by atoms with Gasteiger partial charge in [0.1, 0.15) is 18.9 Å². The molecule has 1 aromatic carbocycles. The highest BCUT2D eigenvalue weighted by molar-refractivity contribution is 6.31. The van der Waals surface area contributed by atoms with Gasteiger partial charge in [-0.2, -0.15) is 4.91 Å². The molecular weight excluding hydrogens is 252 g/mol. The fourth-order valence-corrected chi connectivity index (χ4v) is 1.62. The number of ether oxygens (including phenoxy) is 1. The smallest absolute Gasteiger partial charge is 0.138 e. The summed E-state index contributed by atoms with van der Waals surface area (Å²) in [5, 5.41) is 3.44. The molecule has 0 saturated carbocycles. The monoisotopic (exact) mass is 262 g/mol. The van der Waals surface area contributed by atoms with Gasteiger partial charge in [0.2, 0.25) is 0 Å². The number of rotatable bonds is 5. The standard InChI is InChI=1S/C13H11ClN2O2/c14-13-4-2-1-3-10(13)9-18-12-6-5-11(7-16-17)15-8-12/h1-6,8H,7,9H2. The van der Waals surface area contributed by atoms with Crippen molar-refractivity contribution < 1.29 is 4.74 Å². The van der Waals surface area contributed by atoms with Gasteiger partial charge in [-0.15, -0.1) is 0 Å². The molecule has 0 bridgehead atoms. The van der Waals surface area contributed by atoms with Crippen LogP contribution in [0.1, 0.15) is 11.3 Å². The minimum absolute atomic E-state index is 0.0742. The highest BCUT2D eigenvalue weighted by Gasteiger charge is 2.01. The van der Waals surface area contributed by atoms with E-state index in [4.69, 9.17) is 16.3 Å². The number of halogens is 1. The molecule has 1 aromatic heterocycles. The van der Waals surface area contributed by atoms with Gasteiger partial charge in [0, 0.05) is 10.6 Å². The molecule has 0 atom stereocenters. The minimum atomic E-state index is 0.0742. The van der Waals surface area contributed by atoms with Crippen molar-refractivity contribution in [3.05, 3.63) is 63.8 Å². The topological polar surface area (TPSA) is 51.5 Å². The molecule has 0 spiro atoms. The molecule has 4 nitrogen and oxygen atoms in total. The van der Waals surface area contributed by atoms with Crippen molar-refractivity contribution in [3.8, 4) is 5.75 Å². The maximum atomic E-state index is 10.1. The average Bonchev–Trinajstić information content (AvgIpc) is 2.40. The Morgan fingerprint density at radius 2 is 2.06 bits per heavy atom. The van der Waals surface area contributed by atoms with Crippen LogP contribution in [-0.4, -0.2) is 4.98 Å². The Morgan fingerprint density at radius 3 is 2.72 bits per heavy atom. The number of nitroso groups, excluding NO2 is 1. The van der Waals surface area contributed by atoms with Crippen LogP contribution in [0.2, 0.25) is 5.02 Å². The Balaban J connectivity index is 1.98. The third-order valence-corrected chi connectivity index (χ3v) is 2.75. The second-order valence-electron chi connectivity index (χ2n) is 3.65. The molecule has 18 heavy (non-hydrogen) atoms. The molecule has 1 heterocycles. The molecular formula is C13H11ClN2O2. The lowest BCUT2D eigenvalue weighted by Gasteiger charge is -2.07. The lowest BCUT2D eigenvalue weighted by atomic mass is 10.2. The normalized spacial score (nSPS) is 10.1. The molecule has 0 saturated heterocycles. The van der Waals surface area contributed by atoms with E-state index < -0.39 is 0 Å². The number of benzene rings is 1. The van der Waals surface area contributed by atoms with Crippen molar-refractivity contribution in [2.75, 3.05) is 0 Å². The molecule has 2 aromatic rings. The molecule has 0 unspecified atom stereocenters. The summed E-state index contributed by atoms with van der Waals surface area (Å²) in [5.74, 6) is 0.629. The van der Waals surface area contributed by atoms with Crippen molar-refractivity contribution in [3.63, 3.8) is 0 Å². The van der Waals surface area contributed by atoms with E-state index in [-0.39, 0.29) is 6.54 Å². The Labute approximate surface area is 110 Å². The van der Waals surface area contributed by atoms with Gasteiger partial charge >= 0.3 is 0 Å². The van der Waals surface area contributed by atoms with E-state index in [2.05, 4.69) is 10.2 Å². The van der Waals surface area contributed by atoms with Crippen molar-refractivity contribution in [2.45, 2.75) is 13.2 Å². The summed E-state index contributed by atoms with van der Waals surface area (Å²) in [6.45, 7) is 0.456. The first-order valence-electron chi connectivity index (χ1n) is 5.40. The summed E-state index contributed by atoms with van der Waals surface area (Å²) < 4.78 is 5.55. The fourth-order valence-electron chi connectivity index (χ4n) is 1.43. The van der Waals surface area contributed by atoms with Crippen LogP contribution in [0.15, 0.2) is 47.8 Å². The fraction of sp³-hybridized carbons (Fsp3) is 0.154. The Hall–Kier alpha value is -1.94. The summed E-state index contributed by atoms with van der Waals surface area (Å²) in [6.07, 6.45) is 1.57. The SMILES string of the molecule is O=NCc1ccc(OCc2ccccc2Cl)cn1. The Kier molecular flexibility index (Phi) is 4.25. The van der Waals surface area contributed by atoms with Gasteiger partial charge in [-0.1, -0.05) is 35.0 Å². The molecule has 0 aliphatic carbocycles. The van der Waals surface area contributed by atoms with E-state index in [0.717, 1.165) is 5.56 Å². The van der Waals surface area contributed by atoms with Crippen LogP contribution in [0.4, 0.5) is 0 Å². The summed E-state index contributed by atoms with van der Waals surface area (Å²) in [7, 11) is 0. The maximum Gasteiger partial charge on any atom is 0.138 e. The predicted molar refractivity (Wildman–Crippen MR) is 69.5 cm³/mol. The van der Waals surface area contributed by atoms with Crippen LogP contribution >= 0.6 is 11.6 Å². The number of hydrogen-bond donors (Lipinski definition) is 0. The lowest BCUT2D eigenvalue weighted by molar-refractivity contribution is 0.305. The van der Waals surface area contributed by atoms with Gasteiger partial charge < -0.3 is 4.74 Å². The number of hydrogen-bond acceptors (Lipinski definition) is 4. The number of aromatic nitrogens is 1. The number of nitrogens with zero attached hydrogens (tertiary/aromatic N) is 2. The summed E-state index contributed by atoms with van der Waals surface area (Å²) in [5.41, 5.74) is 1.54. The largest absolute Gasteiger partial charge is 0.487 e. The van der Waals surface area contributed by atoms with Gasteiger partial charge in [-0.05, 0) is 18.2 Å². The quantitative estimate of drug-likeness (QED) is 0.774. The Morgan fingerprint density at radius 1 is 1.22 bits per heavy atom. The first-order chi connectivity index (χ1) is 8.79. The highest BCUT2D eigenvalue weighted by Crippen LogP contribution is 2.18. The van der Waals surface area contributed by atoms with Crippen molar-refractivity contribution in [2.24, 2.45) is 5.18 Å². The van der Waals surface area contributed by atoms with Crippen molar-refractivity contribution >= 4 is 11.6 Å². The van der Waals surface area contributed by atoms with E-state index in [9.17, 15) is 4.91 Å². The molecule has 5 heteroatoms. The zero-order valence-corrected chi connectivity index (χ0v) is 10.3. The van der Waals surface area contributed by atoms with Gasteiger partial charge in [-0.3, -0.25) is 4.98 Å². The first kappa shape index (κ1) is 12.5. The third-order valence-electron chi connectivity index (χ3n) is 2.38. The zero-order chi connectivity index (χ0) is 12.8. The van der Waals surface area contributed by atoms with E-state index in [1.54, 1.807) is 18.3 Å². The molecule has 0 N–H and O–H groups in total. The van der Waals surface area contributed by atoms with Crippen molar-refractivity contribution in [1.82, 2.24) is 4.98 Å². The summed E-state index contributed by atoms with van der Waals surface area (Å²) >= 11 is 6.01. The van der Waals surface area contributed by atoms with E-state index in [0.29, 0.717) is 23.1 Å². The van der Waals surface area contributed by atoms with Crippen LogP contribution in [0.25, 0.3) is 0 Å². The zero-order valence-electron chi connectivity index (χ0n) is 9.54. The second kappa shape index (κ2) is 6.12. The van der Waals surface area contributed by atoms with E-state index >= 15 is 0 Å². The minimum Gasteiger partial charge on any atom is -0.487 e. The van der Waals surface area contributed by atoms with Gasteiger partial charge in [0.05, 0.1) is 11.9 Å². The predicted octanol–water partition coefficient (Wildman–Crippen LogP) is 3.58. The summed E-state index contributed by atoms with van der Waals surface area (Å²) in [6, 6.07) is 11.0. The second-order valence-corrected chi connectivity index (χ2v) is 4.06. The number of pyridine rings is 1. The van der Waals surface area contributed by atoms with Crippen LogP contribution in [-0.2, 0) is 13.2 Å². The summed E-state index contributed by atoms with van der Waals surface area (Å²) in [4.78, 5) is 14.1. The molecule has 0 amide bonds. The molecule has 0 radical (unpaired) electrons. The van der Waals surface area contributed by atoms with Crippen LogP contribution in [0.5, 0.6) is 5.75 Å². The van der Waals surface area contributed by atoms with Crippen LogP contribution in [0, 0.1) is 4.91 Å². The molecule has 0 fully saturated rings. The molecule has 0 aliphatic rings. The first-order valence-corrected chi connectivity index (χ1v) is 5.77. The van der Waals surface area contributed by atoms with E-state index in [1.165, 1.54) is 0 Å². The van der Waals surface area contributed by atoms with Gasteiger partial charge in [0.25, 0.3) is 0 Å². The van der Waals surface area contributed by atoms with Gasteiger partial charge in [0.15, 0.2) is 0 Å². The highest BCUT2D eigenvalue weighted by atomic mass is 35.5. The lowest BCUT2D eigenvalue weighted by Crippen LogP contribution is -1.97. The van der Waals surface area contributed by atoms with Crippen LogP contribution < -0.4 is 4.74 Å². The molecule has 0 aliphatic heterocycles. The maximum absolute atomic E-state index is 10.1. The van der Waals surface area contributed by atoms with Crippen LogP contribution in [0.3, 0.4) is 0 Å². The average molecular weight is 263 g/mol. The van der Waals surface area contributed by atoms with Crippen molar-refractivity contribution in [1.29, 1.82) is 0 Å². The Bertz CT molecular complexity index is 529. The van der Waals surface area contributed by atoms with Gasteiger partial charge in [-0.25, -0.2) is 0 Å². The molecule has 92 valence electrons. The third kappa shape index (κ3) is 3.28. The van der Waals surface area contributed by atoms with E-state index in [1.807, 2.05) is 24.3 Å². The molecule has 2 rings (SSSR count).